The topological polar surface area (TPSA) is 20.2 Å². The van der Waals surface area contributed by atoms with Crippen LogP contribution in [0.5, 0.6) is 0 Å². The molecular weight excluding hydrogens is 702 g/mol. The van der Waals surface area contributed by atoms with E-state index in [4.69, 9.17) is 5.11 Å². The maximum Gasteiger partial charge on any atom is 0.460 e. The van der Waals surface area contributed by atoms with Crippen molar-refractivity contribution in [1.29, 1.82) is 0 Å². The Balaban J connectivity index is 7.90. The zero-order valence-corrected chi connectivity index (χ0v) is 19.2. The second kappa shape index (κ2) is 10.1. The molecule has 0 aromatic heterocycles. The second-order valence-electron chi connectivity index (χ2n) is 8.32. The largest absolute Gasteiger partial charge is 0.460 e. The summed E-state index contributed by atoms with van der Waals surface area (Å²) in [7, 11) is 0. The number of alkyl halides is 26. The molecule has 43 heavy (non-hydrogen) atoms. The van der Waals surface area contributed by atoms with E-state index in [2.05, 4.69) is 0 Å². The first kappa shape index (κ1) is 41.1. The second-order valence-corrected chi connectivity index (χ2v) is 8.32. The molecule has 0 aromatic rings. The van der Waals surface area contributed by atoms with Crippen molar-refractivity contribution >= 4 is 0 Å². The monoisotopic (exact) mass is 710 g/mol. The van der Waals surface area contributed by atoms with Crippen molar-refractivity contribution in [2.45, 2.75) is 96.9 Å². The molecule has 0 bridgehead atoms. The minimum absolute atomic E-state index is 0.328. The van der Waals surface area contributed by atoms with Crippen molar-refractivity contribution in [3.8, 4) is 0 Å². The van der Waals surface area contributed by atoms with Crippen molar-refractivity contribution in [3.05, 3.63) is 0 Å². The first-order valence-corrected chi connectivity index (χ1v) is 9.70. The molecule has 0 spiro atoms. The molecule has 0 fully saturated rings. The maximum absolute atomic E-state index is 14.4. The summed E-state index contributed by atoms with van der Waals surface area (Å²) in [5.41, 5.74) is -9.87. The summed E-state index contributed by atoms with van der Waals surface area (Å²) >= 11 is 0. The Morgan fingerprint density at radius 2 is 0.581 bits per heavy atom. The molecule has 260 valence electrons. The van der Waals surface area contributed by atoms with E-state index in [-0.39, 0.29) is 0 Å². The summed E-state index contributed by atoms with van der Waals surface area (Å²) in [6, 6.07) is 0. The van der Waals surface area contributed by atoms with Gasteiger partial charge in [-0.3, -0.25) is 0 Å². The Hall–Kier alpha value is -1.86. The van der Waals surface area contributed by atoms with Gasteiger partial charge < -0.3 is 5.11 Å². The van der Waals surface area contributed by atoms with Gasteiger partial charge in [0.25, 0.3) is 0 Å². The SMILES string of the molecule is CCCC(F)(F)C(F)(F)C(F)(F)C(F)(F)C(F)(F)C(F)(C(O)(F)F)C(F)(F)C(F)(F)C(F)(F)C(F)(F)C(F)(F)C(F)(F)F. The standard InChI is InChI=1S/C16H8F26O/c1-2-3-4(17,18)6(20,21)9(26,27)10(28,29)7(22,23)5(19,16(41,42)43)8(24,25)11(30,31)12(32,33)13(34,35)14(36,37)15(38,39)40/h43H,2-3H2,1H3. The Labute approximate surface area is 217 Å². The van der Waals surface area contributed by atoms with E-state index in [1.165, 1.54) is 0 Å². The van der Waals surface area contributed by atoms with E-state index in [0.717, 1.165) is 0 Å². The van der Waals surface area contributed by atoms with E-state index in [9.17, 15) is 114 Å². The molecule has 0 aliphatic rings. The summed E-state index contributed by atoms with van der Waals surface area (Å²) in [6.45, 7) is 0.328. The summed E-state index contributed by atoms with van der Waals surface area (Å²) in [4.78, 5) is 0. The highest BCUT2D eigenvalue weighted by molar-refractivity contribution is 5.24. The number of rotatable bonds is 13. The molecule has 27 heteroatoms. The van der Waals surface area contributed by atoms with Crippen LogP contribution < -0.4 is 0 Å². The van der Waals surface area contributed by atoms with Gasteiger partial charge in [-0.25, -0.2) is 4.39 Å². The van der Waals surface area contributed by atoms with Crippen LogP contribution in [0.25, 0.3) is 0 Å². The van der Waals surface area contributed by atoms with Crippen molar-refractivity contribution in [1.82, 2.24) is 0 Å². The van der Waals surface area contributed by atoms with Crippen LogP contribution in [-0.4, -0.2) is 82.3 Å². The molecule has 0 aliphatic heterocycles. The Morgan fingerprint density at radius 1 is 0.349 bits per heavy atom. The van der Waals surface area contributed by atoms with Crippen LogP contribution in [0.1, 0.15) is 19.8 Å². The fourth-order valence-electron chi connectivity index (χ4n) is 2.87. The predicted molar refractivity (Wildman–Crippen MR) is 81.4 cm³/mol. The van der Waals surface area contributed by atoms with Gasteiger partial charge >= 0.3 is 77.2 Å². The molecule has 0 saturated carbocycles. The molecular formula is C16H8F26O. The van der Waals surface area contributed by atoms with Gasteiger partial charge in [-0.15, -0.1) is 0 Å². The lowest BCUT2D eigenvalue weighted by atomic mass is 9.76. The van der Waals surface area contributed by atoms with E-state index >= 15 is 0 Å². The van der Waals surface area contributed by atoms with Crippen LogP contribution in [0.4, 0.5) is 114 Å². The van der Waals surface area contributed by atoms with Crippen LogP contribution in [0.2, 0.25) is 0 Å². The van der Waals surface area contributed by atoms with Crippen LogP contribution in [0.15, 0.2) is 0 Å². The fourth-order valence-corrected chi connectivity index (χ4v) is 2.87. The van der Waals surface area contributed by atoms with Crippen molar-refractivity contribution in [3.63, 3.8) is 0 Å². The summed E-state index contributed by atoms with van der Waals surface area (Å²) < 4.78 is 349. The van der Waals surface area contributed by atoms with E-state index in [0.29, 0.717) is 6.92 Å². The van der Waals surface area contributed by atoms with Crippen LogP contribution in [0.3, 0.4) is 0 Å². The lowest BCUT2D eigenvalue weighted by Crippen LogP contribution is -2.83. The number of aliphatic hydroxyl groups is 1. The zero-order chi connectivity index (χ0) is 35.9. The molecule has 0 radical (unpaired) electrons. The molecule has 0 rings (SSSR count). The highest BCUT2D eigenvalue weighted by Gasteiger charge is 3.02. The highest BCUT2D eigenvalue weighted by Crippen LogP contribution is 2.69. The molecule has 0 saturated heterocycles. The first-order valence-electron chi connectivity index (χ1n) is 9.70. The van der Waals surface area contributed by atoms with Gasteiger partial charge in [0.2, 0.25) is 0 Å². The molecule has 0 aromatic carbocycles. The zero-order valence-electron chi connectivity index (χ0n) is 19.2. The van der Waals surface area contributed by atoms with E-state index in [1.54, 1.807) is 0 Å². The number of halogens is 26. The first-order chi connectivity index (χ1) is 18.1. The van der Waals surface area contributed by atoms with Crippen LogP contribution in [0, 0.1) is 0 Å². The van der Waals surface area contributed by atoms with Gasteiger partial charge in [-0.05, 0) is 0 Å². The van der Waals surface area contributed by atoms with E-state index < -0.39 is 90.0 Å². The molecule has 1 atom stereocenters. The lowest BCUT2D eigenvalue weighted by Gasteiger charge is -2.49. The van der Waals surface area contributed by atoms with Crippen molar-refractivity contribution in [2.24, 2.45) is 0 Å². The summed E-state index contributed by atoms with van der Waals surface area (Å²) in [5.74, 6) is -90.5. The third-order valence-electron chi connectivity index (χ3n) is 5.42. The minimum Gasteiger partial charge on any atom is -0.333 e. The normalized spacial score (nSPS) is 18.1. The minimum atomic E-state index is -9.95. The molecule has 0 heterocycles. The molecule has 1 nitrogen and oxygen atoms in total. The maximum atomic E-state index is 14.4. The summed E-state index contributed by atoms with van der Waals surface area (Å²) in [6.07, 6.45) is -21.4. The number of hydrogen-bond acceptors (Lipinski definition) is 1. The Morgan fingerprint density at radius 3 is 0.814 bits per heavy atom. The lowest BCUT2D eigenvalue weighted by molar-refractivity contribution is -0.498. The Kier molecular flexibility index (Phi) is 9.64. The van der Waals surface area contributed by atoms with Gasteiger partial charge in [-0.1, -0.05) is 13.3 Å². The van der Waals surface area contributed by atoms with Crippen LogP contribution in [-0.2, 0) is 0 Å². The van der Waals surface area contributed by atoms with E-state index in [1.807, 2.05) is 0 Å². The fraction of sp³-hybridized carbons (Fsp3) is 1.00. The van der Waals surface area contributed by atoms with Gasteiger partial charge in [0, 0.05) is 6.42 Å². The Bertz CT molecular complexity index is 1000. The van der Waals surface area contributed by atoms with Gasteiger partial charge in [0.1, 0.15) is 0 Å². The van der Waals surface area contributed by atoms with Crippen LogP contribution >= 0.6 is 0 Å². The smallest absolute Gasteiger partial charge is 0.333 e. The molecule has 0 aliphatic carbocycles. The molecule has 1 unspecified atom stereocenters. The van der Waals surface area contributed by atoms with Crippen molar-refractivity contribution < 1.29 is 119 Å². The van der Waals surface area contributed by atoms with Crippen molar-refractivity contribution in [2.75, 3.05) is 0 Å². The third kappa shape index (κ3) is 4.81. The molecule has 0 amide bonds. The third-order valence-corrected chi connectivity index (χ3v) is 5.42. The van der Waals surface area contributed by atoms with Gasteiger partial charge in [-0.2, -0.15) is 110 Å². The average molecular weight is 710 g/mol. The highest BCUT2D eigenvalue weighted by atomic mass is 19.4. The predicted octanol–water partition coefficient (Wildman–Crippen LogP) is 9.00. The molecule has 1 N–H and O–H groups in total. The summed E-state index contributed by atoms with van der Waals surface area (Å²) in [5, 5.41) is 7.93. The van der Waals surface area contributed by atoms with Gasteiger partial charge in [0.05, 0.1) is 0 Å². The van der Waals surface area contributed by atoms with Gasteiger partial charge in [0.15, 0.2) is 0 Å². The quantitative estimate of drug-likeness (QED) is 0.189. The number of hydrogen-bond donors (Lipinski definition) is 1. The average Bonchev–Trinajstić information content (AvgIpc) is 2.75.